The average Bonchev–Trinajstić information content (AvgIpc) is 2.67. The summed E-state index contributed by atoms with van der Waals surface area (Å²) >= 11 is 6.28. The number of benzene rings is 2. The minimum atomic E-state index is 0.0345. The first-order valence-electron chi connectivity index (χ1n) is 8.83. The zero-order valence-corrected chi connectivity index (χ0v) is 15.1. The van der Waals surface area contributed by atoms with Gasteiger partial charge >= 0.3 is 0 Å². The quantitative estimate of drug-likeness (QED) is 0.884. The lowest BCUT2D eigenvalue weighted by Gasteiger charge is -2.36. The molecular formula is C20H20ClN3O2. The molecule has 2 aromatic rings. The van der Waals surface area contributed by atoms with E-state index in [0.29, 0.717) is 31.5 Å². The van der Waals surface area contributed by atoms with Gasteiger partial charge in [-0.05, 0) is 42.3 Å². The molecule has 2 aromatic carbocycles. The van der Waals surface area contributed by atoms with Crippen molar-refractivity contribution in [3.63, 3.8) is 0 Å². The highest BCUT2D eigenvalue weighted by Crippen LogP contribution is 2.27. The van der Waals surface area contributed by atoms with Crippen LogP contribution in [-0.4, -0.2) is 42.9 Å². The van der Waals surface area contributed by atoms with E-state index in [0.717, 1.165) is 35.1 Å². The van der Waals surface area contributed by atoms with Crippen molar-refractivity contribution < 1.29 is 9.59 Å². The van der Waals surface area contributed by atoms with Crippen LogP contribution >= 0.6 is 11.6 Å². The molecule has 2 aliphatic rings. The molecule has 26 heavy (non-hydrogen) atoms. The topological polar surface area (TPSA) is 52.7 Å². The largest absolute Gasteiger partial charge is 0.367 e. The van der Waals surface area contributed by atoms with Crippen LogP contribution in [0.15, 0.2) is 42.5 Å². The number of amides is 2. The number of nitrogens with one attached hydrogen (secondary N) is 1. The molecule has 2 amide bonds. The van der Waals surface area contributed by atoms with Gasteiger partial charge in [-0.25, -0.2) is 0 Å². The van der Waals surface area contributed by atoms with E-state index in [1.807, 2.05) is 41.3 Å². The Morgan fingerprint density at radius 3 is 2.54 bits per heavy atom. The van der Waals surface area contributed by atoms with Crippen molar-refractivity contribution in [2.45, 2.75) is 12.8 Å². The van der Waals surface area contributed by atoms with Crippen molar-refractivity contribution in [3.8, 4) is 0 Å². The number of carbonyl (C=O) groups excluding carboxylic acids is 2. The minimum Gasteiger partial charge on any atom is -0.367 e. The summed E-state index contributed by atoms with van der Waals surface area (Å²) in [5, 5.41) is 3.59. The Bertz CT molecular complexity index is 860. The van der Waals surface area contributed by atoms with E-state index in [4.69, 9.17) is 11.6 Å². The van der Waals surface area contributed by atoms with Crippen molar-refractivity contribution in [2.24, 2.45) is 0 Å². The summed E-state index contributed by atoms with van der Waals surface area (Å²) < 4.78 is 0. The lowest BCUT2D eigenvalue weighted by atomic mass is 10.00. The number of piperazine rings is 1. The third-order valence-electron chi connectivity index (χ3n) is 5.01. The second kappa shape index (κ2) is 7.00. The number of hydrogen-bond donors (Lipinski definition) is 1. The molecule has 0 atom stereocenters. The van der Waals surface area contributed by atoms with E-state index in [1.165, 1.54) is 0 Å². The maximum Gasteiger partial charge on any atom is 0.253 e. The van der Waals surface area contributed by atoms with E-state index in [-0.39, 0.29) is 11.8 Å². The number of anilines is 2. The van der Waals surface area contributed by atoms with Crippen molar-refractivity contribution in [1.29, 1.82) is 0 Å². The molecule has 2 heterocycles. The van der Waals surface area contributed by atoms with Crippen LogP contribution in [0, 0.1) is 0 Å². The van der Waals surface area contributed by atoms with Gasteiger partial charge in [-0.1, -0.05) is 23.7 Å². The van der Waals surface area contributed by atoms with E-state index in [2.05, 4.69) is 10.2 Å². The van der Waals surface area contributed by atoms with Crippen LogP contribution in [0.5, 0.6) is 0 Å². The second-order valence-corrected chi connectivity index (χ2v) is 7.06. The minimum absolute atomic E-state index is 0.0345. The number of aryl methyl sites for hydroxylation is 1. The Morgan fingerprint density at radius 2 is 1.77 bits per heavy atom. The Labute approximate surface area is 157 Å². The van der Waals surface area contributed by atoms with Crippen LogP contribution in [0.25, 0.3) is 0 Å². The fourth-order valence-electron chi connectivity index (χ4n) is 3.56. The van der Waals surface area contributed by atoms with Gasteiger partial charge in [0.2, 0.25) is 5.91 Å². The van der Waals surface area contributed by atoms with Crippen LogP contribution in [0.1, 0.15) is 22.3 Å². The van der Waals surface area contributed by atoms with Gasteiger partial charge in [-0.15, -0.1) is 0 Å². The highest BCUT2D eigenvalue weighted by atomic mass is 35.5. The molecule has 0 radical (unpaired) electrons. The number of nitrogens with zero attached hydrogens (tertiary/aromatic N) is 2. The van der Waals surface area contributed by atoms with Crippen LogP contribution < -0.4 is 10.2 Å². The molecule has 1 N–H and O–H groups in total. The number of para-hydroxylation sites is 1. The highest BCUT2D eigenvalue weighted by molar-refractivity contribution is 6.33. The fraction of sp³-hybridized carbons (Fsp3) is 0.300. The van der Waals surface area contributed by atoms with Crippen molar-refractivity contribution in [1.82, 2.24) is 4.90 Å². The molecule has 2 aliphatic heterocycles. The molecule has 0 spiro atoms. The van der Waals surface area contributed by atoms with Crippen molar-refractivity contribution >= 4 is 34.8 Å². The fourth-order valence-corrected chi connectivity index (χ4v) is 3.81. The molecular weight excluding hydrogens is 350 g/mol. The van der Waals surface area contributed by atoms with E-state index in [9.17, 15) is 9.59 Å². The van der Waals surface area contributed by atoms with Crippen LogP contribution in [0.2, 0.25) is 5.02 Å². The number of carbonyl (C=O) groups is 2. The van der Waals surface area contributed by atoms with Crippen molar-refractivity contribution in [2.75, 3.05) is 36.4 Å². The second-order valence-electron chi connectivity index (χ2n) is 6.65. The van der Waals surface area contributed by atoms with Gasteiger partial charge in [0.15, 0.2) is 0 Å². The molecule has 6 heteroatoms. The van der Waals surface area contributed by atoms with Gasteiger partial charge in [0.1, 0.15) is 0 Å². The molecule has 0 saturated carbocycles. The van der Waals surface area contributed by atoms with Gasteiger partial charge in [0.25, 0.3) is 5.91 Å². The Balaban J connectivity index is 1.44. The highest BCUT2D eigenvalue weighted by Gasteiger charge is 2.24. The Morgan fingerprint density at radius 1 is 1.00 bits per heavy atom. The lowest BCUT2D eigenvalue weighted by Crippen LogP contribution is -2.48. The SMILES string of the molecule is O=C1CCc2cc(C(=O)N3CCN(c4ccccc4Cl)CC3)ccc2N1. The molecule has 1 saturated heterocycles. The zero-order valence-electron chi connectivity index (χ0n) is 14.4. The molecule has 1 fully saturated rings. The van der Waals surface area contributed by atoms with Crippen LogP contribution in [-0.2, 0) is 11.2 Å². The standard InChI is InChI=1S/C20H20ClN3O2/c21-16-3-1-2-4-18(16)23-9-11-24(12-10-23)20(26)15-5-7-17-14(13-15)6-8-19(25)22-17/h1-5,7,13H,6,8-12H2,(H,22,25). The van der Waals surface area contributed by atoms with E-state index in [1.54, 1.807) is 6.07 Å². The molecule has 5 nitrogen and oxygen atoms in total. The number of rotatable bonds is 2. The third kappa shape index (κ3) is 3.27. The smallest absolute Gasteiger partial charge is 0.253 e. The normalized spacial score (nSPS) is 16.9. The van der Waals surface area contributed by atoms with Gasteiger partial charge < -0.3 is 15.1 Å². The Hall–Kier alpha value is -2.53. The van der Waals surface area contributed by atoms with Gasteiger partial charge in [0, 0.05) is 43.9 Å². The molecule has 0 aliphatic carbocycles. The van der Waals surface area contributed by atoms with E-state index >= 15 is 0 Å². The predicted molar refractivity (Wildman–Crippen MR) is 103 cm³/mol. The first kappa shape index (κ1) is 16.9. The first-order valence-corrected chi connectivity index (χ1v) is 9.21. The summed E-state index contributed by atoms with van der Waals surface area (Å²) in [5.74, 6) is 0.0794. The molecule has 0 unspecified atom stereocenters. The monoisotopic (exact) mass is 369 g/mol. The van der Waals surface area contributed by atoms with Crippen LogP contribution in [0.3, 0.4) is 0 Å². The summed E-state index contributed by atoms with van der Waals surface area (Å²) in [6.07, 6.45) is 1.16. The maximum atomic E-state index is 12.9. The number of halogens is 1. The van der Waals surface area contributed by atoms with Crippen molar-refractivity contribution in [3.05, 3.63) is 58.6 Å². The summed E-state index contributed by atoms with van der Waals surface area (Å²) in [4.78, 5) is 28.4. The molecule has 134 valence electrons. The maximum absolute atomic E-state index is 12.9. The molecule has 0 bridgehead atoms. The summed E-state index contributed by atoms with van der Waals surface area (Å²) in [5.41, 5.74) is 3.56. The van der Waals surface area contributed by atoms with Gasteiger partial charge in [-0.2, -0.15) is 0 Å². The van der Waals surface area contributed by atoms with E-state index < -0.39 is 0 Å². The summed E-state index contributed by atoms with van der Waals surface area (Å²) in [6, 6.07) is 13.3. The molecule has 0 aromatic heterocycles. The zero-order chi connectivity index (χ0) is 18.1. The summed E-state index contributed by atoms with van der Waals surface area (Å²) in [6.45, 7) is 2.85. The number of hydrogen-bond acceptors (Lipinski definition) is 3. The van der Waals surface area contributed by atoms with Gasteiger partial charge in [0.05, 0.1) is 10.7 Å². The summed E-state index contributed by atoms with van der Waals surface area (Å²) in [7, 11) is 0. The third-order valence-corrected chi connectivity index (χ3v) is 5.33. The first-order chi connectivity index (χ1) is 12.6. The average molecular weight is 370 g/mol. The predicted octanol–water partition coefficient (Wildman–Crippen LogP) is 3.19. The Kier molecular flexibility index (Phi) is 4.55. The lowest BCUT2D eigenvalue weighted by molar-refractivity contribution is -0.116. The van der Waals surface area contributed by atoms with Gasteiger partial charge in [-0.3, -0.25) is 9.59 Å². The number of fused-ring (bicyclic) bond motifs is 1. The van der Waals surface area contributed by atoms with Crippen LogP contribution in [0.4, 0.5) is 11.4 Å². The molecule has 4 rings (SSSR count).